The van der Waals surface area contributed by atoms with Crippen LogP contribution in [0.1, 0.15) is 53.3 Å². The molecule has 4 rings (SSSR count). The number of sulfone groups is 1. The van der Waals surface area contributed by atoms with E-state index in [0.717, 1.165) is 5.69 Å². The van der Waals surface area contributed by atoms with Gasteiger partial charge in [0, 0.05) is 11.3 Å². The highest BCUT2D eigenvalue weighted by molar-refractivity contribution is 7.91. The minimum Gasteiger partial charge on any atom is -0.467 e. The van der Waals surface area contributed by atoms with Gasteiger partial charge < -0.3 is 10.1 Å². The molecule has 0 radical (unpaired) electrons. The number of amides is 1. The van der Waals surface area contributed by atoms with Gasteiger partial charge in [0.05, 0.1) is 41.0 Å². The molecule has 1 aliphatic carbocycles. The number of nitrogens with one attached hydrogen (secondary N) is 1. The number of hydrogen-bond acceptors (Lipinski definition) is 8. The number of hydrogen-bond donors (Lipinski definition) is 1. The molecule has 0 saturated heterocycles. The van der Waals surface area contributed by atoms with E-state index in [-0.39, 0.29) is 34.8 Å². The molecule has 1 amide bonds. The molecule has 1 aromatic carbocycles. The minimum absolute atomic E-state index is 0.0192. The van der Waals surface area contributed by atoms with Crippen LogP contribution < -0.4 is 10.1 Å². The van der Waals surface area contributed by atoms with Gasteiger partial charge in [0.1, 0.15) is 5.82 Å². The summed E-state index contributed by atoms with van der Waals surface area (Å²) < 4.78 is 29.1. The van der Waals surface area contributed by atoms with Crippen molar-refractivity contribution >= 4 is 27.3 Å². The molecule has 1 atom stereocenters. The average Bonchev–Trinajstić information content (AvgIpc) is 2.86. The molecule has 0 aliphatic heterocycles. The predicted molar refractivity (Wildman–Crippen MR) is 134 cm³/mol. The van der Waals surface area contributed by atoms with Crippen molar-refractivity contribution < 1.29 is 22.7 Å². The number of Topliss-reactive ketones (excluding diaryl/α,β-unsaturated/α-hetero) is 1. The highest BCUT2D eigenvalue weighted by Gasteiger charge is 2.42. The van der Waals surface area contributed by atoms with Gasteiger partial charge in [0.25, 0.3) is 0 Å². The van der Waals surface area contributed by atoms with E-state index in [2.05, 4.69) is 20.3 Å². The quantitative estimate of drug-likeness (QED) is 0.515. The molecule has 1 N–H and O–H groups in total. The number of nitrogens with zero attached hydrogens (tertiary/aromatic N) is 3. The number of ether oxygens (including phenoxy) is 1. The first-order valence-corrected chi connectivity index (χ1v) is 13.3. The van der Waals surface area contributed by atoms with Gasteiger partial charge in [-0.15, -0.1) is 0 Å². The van der Waals surface area contributed by atoms with Gasteiger partial charge in [-0.2, -0.15) is 4.98 Å². The van der Waals surface area contributed by atoms with Gasteiger partial charge in [0.15, 0.2) is 15.6 Å². The third-order valence-corrected chi connectivity index (χ3v) is 8.21. The number of fused-ring (bicyclic) bond motifs is 1. The number of benzene rings is 1. The van der Waals surface area contributed by atoms with Crippen molar-refractivity contribution in [2.75, 3.05) is 18.2 Å². The molecule has 0 bridgehead atoms. The minimum atomic E-state index is -3.29. The summed E-state index contributed by atoms with van der Waals surface area (Å²) in [5, 5.41) is 2.77. The van der Waals surface area contributed by atoms with E-state index in [1.807, 2.05) is 13.8 Å². The van der Waals surface area contributed by atoms with E-state index < -0.39 is 15.3 Å². The fourth-order valence-electron chi connectivity index (χ4n) is 4.26. The summed E-state index contributed by atoms with van der Waals surface area (Å²) in [6.07, 6.45) is 1.12. The first kappa shape index (κ1) is 25.4. The van der Waals surface area contributed by atoms with Gasteiger partial charge in [-0.3, -0.25) is 9.59 Å². The van der Waals surface area contributed by atoms with Crippen LogP contribution in [0.2, 0.25) is 0 Å². The van der Waals surface area contributed by atoms with Crippen LogP contribution >= 0.6 is 0 Å². The van der Waals surface area contributed by atoms with Crippen molar-refractivity contribution in [1.29, 1.82) is 0 Å². The van der Waals surface area contributed by atoms with Crippen LogP contribution in [0.4, 0.5) is 5.82 Å². The Morgan fingerprint density at radius 1 is 1.11 bits per heavy atom. The Morgan fingerprint density at radius 3 is 2.50 bits per heavy atom. The number of aryl methyl sites for hydroxylation is 2. The lowest BCUT2D eigenvalue weighted by Crippen LogP contribution is -2.39. The number of rotatable bonds is 7. The molecule has 1 unspecified atom stereocenters. The Balaban J connectivity index is 1.48. The zero-order valence-electron chi connectivity index (χ0n) is 20.7. The van der Waals surface area contributed by atoms with Crippen LogP contribution in [0, 0.1) is 6.92 Å². The molecule has 0 spiro atoms. The summed E-state index contributed by atoms with van der Waals surface area (Å²) in [6, 6.07) is 11.6. The molecule has 2 heterocycles. The number of carbonyl (C=O) groups excluding carboxylic acids is 2. The predicted octanol–water partition coefficient (Wildman–Crippen LogP) is 3.25. The van der Waals surface area contributed by atoms with E-state index in [0.29, 0.717) is 41.2 Å². The molecular formula is C26H28N4O5S. The second-order valence-corrected chi connectivity index (χ2v) is 11.3. The van der Waals surface area contributed by atoms with Crippen LogP contribution in [0.25, 0.3) is 0 Å². The van der Waals surface area contributed by atoms with Crippen molar-refractivity contribution in [3.63, 3.8) is 0 Å². The lowest BCUT2D eigenvalue weighted by Gasteiger charge is -2.32. The standard InChI is InChI=1S/C26H28N4O5S/c1-5-36(33,34)18-8-6-17(7-9-18)15-23(31)30-22-11-10-19-20(28-22)12-13-26(3,24(19)32)21-14-16(2)27-25(29-21)35-4/h6-11,14H,5,12-13,15H2,1-4H3,(H,28,30,31). The topological polar surface area (TPSA) is 128 Å². The summed E-state index contributed by atoms with van der Waals surface area (Å²) in [6.45, 7) is 5.28. The van der Waals surface area contributed by atoms with Crippen LogP contribution in [0.5, 0.6) is 6.01 Å². The van der Waals surface area contributed by atoms with Crippen molar-refractivity contribution in [2.24, 2.45) is 0 Å². The highest BCUT2D eigenvalue weighted by atomic mass is 32.2. The highest BCUT2D eigenvalue weighted by Crippen LogP contribution is 2.38. The monoisotopic (exact) mass is 508 g/mol. The first-order valence-electron chi connectivity index (χ1n) is 11.6. The summed E-state index contributed by atoms with van der Waals surface area (Å²) in [4.78, 5) is 39.4. The van der Waals surface area contributed by atoms with Crippen LogP contribution in [0.15, 0.2) is 47.4 Å². The molecule has 2 aromatic heterocycles. The van der Waals surface area contributed by atoms with Crippen LogP contribution in [-0.2, 0) is 32.9 Å². The van der Waals surface area contributed by atoms with Gasteiger partial charge in [0.2, 0.25) is 5.91 Å². The Hall–Kier alpha value is -3.66. The molecule has 188 valence electrons. The molecule has 3 aromatic rings. The lowest BCUT2D eigenvalue weighted by atomic mass is 9.71. The van der Waals surface area contributed by atoms with Crippen LogP contribution in [0.3, 0.4) is 0 Å². The second-order valence-electron chi connectivity index (χ2n) is 9.01. The summed E-state index contributed by atoms with van der Waals surface area (Å²) in [5.74, 6) is 0.00568. The fourth-order valence-corrected chi connectivity index (χ4v) is 5.14. The van der Waals surface area contributed by atoms with Gasteiger partial charge in [-0.05, 0) is 62.6 Å². The third-order valence-electron chi connectivity index (χ3n) is 6.46. The normalized spacial score (nSPS) is 17.4. The number of methoxy groups -OCH3 is 1. The maximum Gasteiger partial charge on any atom is 0.316 e. The number of ketones is 1. The molecule has 0 saturated carbocycles. The van der Waals surface area contributed by atoms with Crippen LogP contribution in [-0.4, -0.2) is 47.9 Å². The summed E-state index contributed by atoms with van der Waals surface area (Å²) >= 11 is 0. The summed E-state index contributed by atoms with van der Waals surface area (Å²) in [5.41, 5.74) is 2.30. The Kier molecular flexibility index (Phi) is 6.90. The largest absolute Gasteiger partial charge is 0.467 e. The number of pyridine rings is 1. The lowest BCUT2D eigenvalue weighted by molar-refractivity contribution is -0.115. The van der Waals surface area contributed by atoms with E-state index in [4.69, 9.17) is 4.74 Å². The van der Waals surface area contributed by atoms with Crippen molar-refractivity contribution in [1.82, 2.24) is 15.0 Å². The molecule has 0 fully saturated rings. The Bertz CT molecular complexity index is 1440. The number of aromatic nitrogens is 3. The summed E-state index contributed by atoms with van der Waals surface area (Å²) in [7, 11) is -1.80. The third kappa shape index (κ3) is 4.99. The molecular weight excluding hydrogens is 480 g/mol. The maximum atomic E-state index is 13.5. The van der Waals surface area contributed by atoms with Crippen molar-refractivity contribution in [3.8, 4) is 6.01 Å². The smallest absolute Gasteiger partial charge is 0.316 e. The van der Waals surface area contributed by atoms with Crippen molar-refractivity contribution in [2.45, 2.75) is 50.3 Å². The molecule has 36 heavy (non-hydrogen) atoms. The molecule has 1 aliphatic rings. The maximum absolute atomic E-state index is 13.5. The van der Waals surface area contributed by atoms with E-state index >= 15 is 0 Å². The van der Waals surface area contributed by atoms with Gasteiger partial charge >= 0.3 is 6.01 Å². The number of anilines is 1. The first-order chi connectivity index (χ1) is 17.1. The average molecular weight is 509 g/mol. The van der Waals surface area contributed by atoms with E-state index in [9.17, 15) is 18.0 Å². The van der Waals surface area contributed by atoms with Crippen molar-refractivity contribution in [3.05, 3.63) is 70.7 Å². The Labute approximate surface area is 210 Å². The van der Waals surface area contributed by atoms with E-state index in [1.54, 1.807) is 37.3 Å². The number of carbonyl (C=O) groups is 2. The second kappa shape index (κ2) is 9.77. The SMILES string of the molecule is CCS(=O)(=O)c1ccc(CC(=O)Nc2ccc3c(n2)CCC(C)(c2cc(C)nc(OC)n2)C3=O)cc1. The van der Waals surface area contributed by atoms with Gasteiger partial charge in [-0.1, -0.05) is 19.1 Å². The molecule has 10 heteroatoms. The van der Waals surface area contributed by atoms with E-state index in [1.165, 1.54) is 19.2 Å². The Morgan fingerprint density at radius 2 is 1.83 bits per heavy atom. The molecule has 9 nitrogen and oxygen atoms in total. The fraction of sp³-hybridized carbons (Fsp3) is 0.346. The zero-order valence-corrected chi connectivity index (χ0v) is 21.5. The zero-order chi connectivity index (χ0) is 26.1. The van der Waals surface area contributed by atoms with Gasteiger partial charge in [-0.25, -0.2) is 18.4 Å².